The summed E-state index contributed by atoms with van der Waals surface area (Å²) in [7, 11) is 0. The van der Waals surface area contributed by atoms with Crippen molar-refractivity contribution in [2.24, 2.45) is 5.73 Å². The van der Waals surface area contributed by atoms with Crippen LogP contribution >= 0.6 is 0 Å². The number of carbonyl (C=O) groups excluding carboxylic acids is 2. The lowest BCUT2D eigenvalue weighted by Crippen LogP contribution is -2.57. The molecule has 0 fully saturated rings. The first-order valence-electron chi connectivity index (χ1n) is 6.83. The number of rotatable bonds is 7. The third-order valence-electron chi connectivity index (χ3n) is 3.66. The summed E-state index contributed by atoms with van der Waals surface area (Å²) >= 11 is 0. The van der Waals surface area contributed by atoms with E-state index in [-0.39, 0.29) is 11.8 Å². The zero-order valence-corrected chi connectivity index (χ0v) is 12.2. The highest BCUT2D eigenvalue weighted by molar-refractivity contribution is 5.97. The van der Waals surface area contributed by atoms with Gasteiger partial charge in [0.25, 0.3) is 5.91 Å². The first-order valence-corrected chi connectivity index (χ1v) is 6.83. The van der Waals surface area contributed by atoms with Crippen molar-refractivity contribution in [3.8, 4) is 0 Å². The van der Waals surface area contributed by atoms with Crippen LogP contribution in [0.4, 0.5) is 0 Å². The van der Waals surface area contributed by atoms with Crippen molar-refractivity contribution >= 4 is 11.8 Å². The van der Waals surface area contributed by atoms with Crippen LogP contribution in [0.2, 0.25) is 0 Å². The molecule has 112 valence electrons. The fourth-order valence-electron chi connectivity index (χ4n) is 1.88. The third kappa shape index (κ3) is 3.84. The van der Waals surface area contributed by atoms with Crippen LogP contribution in [0, 0.1) is 0 Å². The van der Waals surface area contributed by atoms with Crippen LogP contribution in [-0.2, 0) is 4.79 Å². The van der Waals surface area contributed by atoms with Gasteiger partial charge in [-0.3, -0.25) is 9.59 Å². The number of hydrogen-bond acceptors (Lipinski definition) is 4. The van der Waals surface area contributed by atoms with Gasteiger partial charge in [0, 0.05) is 6.54 Å². The monoisotopic (exact) mass is 281 g/mol. The molecule has 6 heteroatoms. The fraction of sp³-hybridized carbons (Fsp3) is 0.571. The molecule has 20 heavy (non-hydrogen) atoms. The zero-order valence-electron chi connectivity index (χ0n) is 12.2. The summed E-state index contributed by atoms with van der Waals surface area (Å²) in [6.45, 7) is 5.96. The summed E-state index contributed by atoms with van der Waals surface area (Å²) in [5.41, 5.74) is 5.72. The quantitative estimate of drug-likeness (QED) is 0.695. The molecule has 0 aromatic carbocycles. The smallest absolute Gasteiger partial charge is 0.255 e. The highest BCUT2D eigenvalue weighted by Gasteiger charge is 2.28. The van der Waals surface area contributed by atoms with Crippen molar-refractivity contribution in [2.45, 2.75) is 45.2 Å². The first kappa shape index (κ1) is 16.2. The van der Waals surface area contributed by atoms with Gasteiger partial charge in [0.2, 0.25) is 5.91 Å². The maximum absolute atomic E-state index is 12.1. The highest BCUT2D eigenvalue weighted by atomic mass is 16.3. The lowest BCUT2D eigenvalue weighted by Gasteiger charge is -2.32. The topological polar surface area (TPSA) is 97.4 Å². The van der Waals surface area contributed by atoms with Gasteiger partial charge in [-0.2, -0.15) is 0 Å². The average molecular weight is 281 g/mol. The van der Waals surface area contributed by atoms with Crippen molar-refractivity contribution in [1.29, 1.82) is 0 Å². The zero-order chi connectivity index (χ0) is 15.2. The Morgan fingerprint density at radius 3 is 2.50 bits per heavy atom. The Bertz CT molecular complexity index is 430. The van der Waals surface area contributed by atoms with Gasteiger partial charge in [0.15, 0.2) is 0 Å². The molecule has 1 rings (SSSR count). The number of nitrogens with one attached hydrogen (secondary N) is 2. The SMILES string of the molecule is CCC(CC)(CN)NC(=O)C(C)NC(=O)c1ccoc1. The van der Waals surface area contributed by atoms with Crippen LogP contribution in [-0.4, -0.2) is 29.9 Å². The van der Waals surface area contributed by atoms with E-state index in [9.17, 15) is 9.59 Å². The standard InChI is InChI=1S/C14H23N3O3/c1-4-14(5-2,9-15)17-12(18)10(3)16-13(19)11-6-7-20-8-11/h6-8,10H,4-5,9,15H2,1-3H3,(H,16,19)(H,17,18). The molecule has 0 bridgehead atoms. The molecule has 0 spiro atoms. The van der Waals surface area contributed by atoms with Crippen LogP contribution < -0.4 is 16.4 Å². The van der Waals surface area contributed by atoms with Crippen molar-refractivity contribution in [1.82, 2.24) is 10.6 Å². The molecule has 0 aliphatic carbocycles. The van der Waals surface area contributed by atoms with Gasteiger partial charge < -0.3 is 20.8 Å². The first-order chi connectivity index (χ1) is 9.48. The van der Waals surface area contributed by atoms with Crippen LogP contribution in [0.5, 0.6) is 0 Å². The summed E-state index contributed by atoms with van der Waals surface area (Å²) < 4.78 is 4.83. The second kappa shape index (κ2) is 7.09. The van der Waals surface area contributed by atoms with E-state index in [1.165, 1.54) is 12.5 Å². The maximum atomic E-state index is 12.1. The Kier molecular flexibility index (Phi) is 5.76. The maximum Gasteiger partial charge on any atom is 0.255 e. The summed E-state index contributed by atoms with van der Waals surface area (Å²) in [5.74, 6) is -0.580. The molecule has 0 saturated heterocycles. The molecule has 1 aromatic rings. The number of amides is 2. The lowest BCUT2D eigenvalue weighted by molar-refractivity contribution is -0.124. The molecule has 2 amide bonds. The molecule has 0 saturated carbocycles. The van der Waals surface area contributed by atoms with Crippen LogP contribution in [0.15, 0.2) is 23.0 Å². The normalized spacial score (nSPS) is 12.8. The Morgan fingerprint density at radius 2 is 2.05 bits per heavy atom. The predicted octanol–water partition coefficient (Wildman–Crippen LogP) is 1.03. The van der Waals surface area contributed by atoms with E-state index in [0.717, 1.165) is 12.8 Å². The lowest BCUT2D eigenvalue weighted by atomic mass is 9.92. The number of hydrogen-bond donors (Lipinski definition) is 3. The van der Waals surface area contributed by atoms with Gasteiger partial charge in [-0.05, 0) is 25.8 Å². The molecular formula is C14H23N3O3. The minimum Gasteiger partial charge on any atom is -0.472 e. The molecular weight excluding hydrogens is 258 g/mol. The number of furan rings is 1. The molecule has 0 aliphatic heterocycles. The minimum absolute atomic E-state index is 0.240. The fourth-order valence-corrected chi connectivity index (χ4v) is 1.88. The Balaban J connectivity index is 2.61. The Hall–Kier alpha value is -1.82. The van der Waals surface area contributed by atoms with Crippen LogP contribution in [0.3, 0.4) is 0 Å². The Morgan fingerprint density at radius 1 is 1.40 bits per heavy atom. The molecule has 0 aliphatic rings. The van der Waals surface area contributed by atoms with Gasteiger partial charge in [0.1, 0.15) is 12.3 Å². The molecule has 0 radical (unpaired) electrons. The van der Waals surface area contributed by atoms with Gasteiger partial charge in [-0.15, -0.1) is 0 Å². The van der Waals surface area contributed by atoms with E-state index in [1.54, 1.807) is 13.0 Å². The molecule has 1 aromatic heterocycles. The van der Waals surface area contributed by atoms with E-state index < -0.39 is 11.6 Å². The van der Waals surface area contributed by atoms with Crippen LogP contribution in [0.1, 0.15) is 44.0 Å². The van der Waals surface area contributed by atoms with E-state index in [2.05, 4.69) is 10.6 Å². The molecule has 1 heterocycles. The van der Waals surface area contributed by atoms with Gasteiger partial charge in [-0.1, -0.05) is 13.8 Å². The highest BCUT2D eigenvalue weighted by Crippen LogP contribution is 2.13. The van der Waals surface area contributed by atoms with E-state index in [1.807, 2.05) is 13.8 Å². The summed E-state index contributed by atoms with van der Waals surface area (Å²) in [5, 5.41) is 5.55. The largest absolute Gasteiger partial charge is 0.472 e. The number of nitrogens with two attached hydrogens (primary N) is 1. The average Bonchev–Trinajstić information content (AvgIpc) is 2.99. The summed E-state index contributed by atoms with van der Waals surface area (Å²) in [4.78, 5) is 24.0. The van der Waals surface area contributed by atoms with Crippen molar-refractivity contribution in [3.05, 3.63) is 24.2 Å². The summed E-state index contributed by atoms with van der Waals surface area (Å²) in [6.07, 6.45) is 4.23. The predicted molar refractivity (Wildman–Crippen MR) is 76.1 cm³/mol. The number of carbonyl (C=O) groups is 2. The van der Waals surface area contributed by atoms with Gasteiger partial charge >= 0.3 is 0 Å². The van der Waals surface area contributed by atoms with Crippen LogP contribution in [0.25, 0.3) is 0 Å². The van der Waals surface area contributed by atoms with Gasteiger partial charge in [0.05, 0.1) is 17.4 Å². The molecule has 6 nitrogen and oxygen atoms in total. The van der Waals surface area contributed by atoms with E-state index in [0.29, 0.717) is 12.1 Å². The second-order valence-electron chi connectivity index (χ2n) is 4.89. The Labute approximate surface area is 119 Å². The van der Waals surface area contributed by atoms with Crippen molar-refractivity contribution < 1.29 is 14.0 Å². The summed E-state index contributed by atoms with van der Waals surface area (Å²) in [6, 6.07) is 0.906. The molecule has 1 atom stereocenters. The van der Waals surface area contributed by atoms with E-state index >= 15 is 0 Å². The van der Waals surface area contributed by atoms with E-state index in [4.69, 9.17) is 10.2 Å². The molecule has 1 unspecified atom stereocenters. The minimum atomic E-state index is -0.638. The van der Waals surface area contributed by atoms with Crippen molar-refractivity contribution in [2.75, 3.05) is 6.54 Å². The van der Waals surface area contributed by atoms with Gasteiger partial charge in [-0.25, -0.2) is 0 Å². The second-order valence-corrected chi connectivity index (χ2v) is 4.89. The third-order valence-corrected chi connectivity index (χ3v) is 3.66. The molecule has 4 N–H and O–H groups in total. The van der Waals surface area contributed by atoms with Crippen molar-refractivity contribution in [3.63, 3.8) is 0 Å².